The molecular weight excluding hydrogens is 285 g/mol. The molecule has 0 aliphatic carbocycles. The van der Waals surface area contributed by atoms with Gasteiger partial charge in [-0.3, -0.25) is 4.79 Å². The van der Waals surface area contributed by atoms with Gasteiger partial charge in [-0.2, -0.15) is 13.2 Å². The Bertz CT molecular complexity index is 533. The second-order valence-corrected chi connectivity index (χ2v) is 5.42. The van der Waals surface area contributed by atoms with Crippen molar-refractivity contribution in [2.75, 3.05) is 13.2 Å². The first-order chi connectivity index (χ1) is 9.73. The van der Waals surface area contributed by atoms with E-state index in [1.54, 1.807) is 6.92 Å². The van der Waals surface area contributed by atoms with E-state index in [1.165, 1.54) is 12.1 Å². The van der Waals surface area contributed by atoms with Crippen molar-refractivity contribution in [1.82, 2.24) is 5.32 Å². The zero-order valence-corrected chi connectivity index (χ0v) is 11.5. The number of benzene rings is 1. The van der Waals surface area contributed by atoms with Gasteiger partial charge >= 0.3 is 6.18 Å². The minimum atomic E-state index is -4.40. The number of halogens is 3. The normalized spacial score (nSPS) is 25.9. The molecule has 21 heavy (non-hydrogen) atoms. The molecule has 1 saturated heterocycles. The summed E-state index contributed by atoms with van der Waals surface area (Å²) in [6.07, 6.45) is -4.40. The number of alkyl halides is 3. The number of amides is 1. The molecule has 0 radical (unpaired) electrons. The Morgan fingerprint density at radius 2 is 2.24 bits per heavy atom. The number of hydrogen-bond acceptors (Lipinski definition) is 3. The molecule has 1 aliphatic heterocycles. The van der Waals surface area contributed by atoms with Crippen LogP contribution in [0.1, 0.15) is 18.1 Å². The van der Waals surface area contributed by atoms with Gasteiger partial charge in [0, 0.05) is 12.6 Å². The number of nitrogens with two attached hydrogens (primary N) is 1. The fraction of sp³-hybridized carbons (Fsp3) is 0.500. The highest BCUT2D eigenvalue weighted by atomic mass is 19.4. The van der Waals surface area contributed by atoms with Crippen LogP contribution in [-0.2, 0) is 22.3 Å². The molecule has 0 bridgehead atoms. The lowest BCUT2D eigenvalue weighted by Crippen LogP contribution is -2.49. The van der Waals surface area contributed by atoms with Crippen molar-refractivity contribution in [3.63, 3.8) is 0 Å². The van der Waals surface area contributed by atoms with Crippen LogP contribution in [0.5, 0.6) is 0 Å². The zero-order chi connectivity index (χ0) is 15.7. The van der Waals surface area contributed by atoms with Gasteiger partial charge in [-0.05, 0) is 24.6 Å². The number of rotatable bonds is 3. The minimum Gasteiger partial charge on any atom is -0.379 e. The van der Waals surface area contributed by atoms with Crippen molar-refractivity contribution in [3.05, 3.63) is 35.4 Å². The van der Waals surface area contributed by atoms with Crippen LogP contribution in [-0.4, -0.2) is 25.2 Å². The van der Waals surface area contributed by atoms with E-state index in [4.69, 9.17) is 10.5 Å². The fourth-order valence-corrected chi connectivity index (χ4v) is 2.16. The van der Waals surface area contributed by atoms with Crippen molar-refractivity contribution < 1.29 is 22.7 Å². The van der Waals surface area contributed by atoms with Crippen LogP contribution in [0, 0.1) is 5.41 Å². The van der Waals surface area contributed by atoms with Gasteiger partial charge < -0.3 is 15.8 Å². The lowest BCUT2D eigenvalue weighted by atomic mass is 9.85. The number of hydrogen-bond donors (Lipinski definition) is 2. The highest BCUT2D eigenvalue weighted by Crippen LogP contribution is 2.30. The molecule has 2 atom stereocenters. The van der Waals surface area contributed by atoms with Crippen LogP contribution >= 0.6 is 0 Å². The monoisotopic (exact) mass is 302 g/mol. The molecule has 2 rings (SSSR count). The Morgan fingerprint density at radius 1 is 1.52 bits per heavy atom. The quantitative estimate of drug-likeness (QED) is 0.893. The third-order valence-corrected chi connectivity index (χ3v) is 3.74. The van der Waals surface area contributed by atoms with Gasteiger partial charge in [-0.25, -0.2) is 0 Å². The summed E-state index contributed by atoms with van der Waals surface area (Å²) in [6, 6.07) is 4.44. The molecule has 116 valence electrons. The van der Waals surface area contributed by atoms with E-state index in [0.717, 1.165) is 12.1 Å². The van der Waals surface area contributed by atoms with Gasteiger partial charge in [0.15, 0.2) is 0 Å². The summed E-state index contributed by atoms with van der Waals surface area (Å²) in [4.78, 5) is 12.1. The second kappa shape index (κ2) is 5.65. The van der Waals surface area contributed by atoms with Crippen molar-refractivity contribution in [3.8, 4) is 0 Å². The molecule has 0 aromatic heterocycles. The highest BCUT2D eigenvalue weighted by Gasteiger charge is 2.44. The Kier molecular flexibility index (Phi) is 4.25. The van der Waals surface area contributed by atoms with Crippen LogP contribution in [0.2, 0.25) is 0 Å². The molecule has 4 nitrogen and oxygen atoms in total. The maximum atomic E-state index is 12.6. The van der Waals surface area contributed by atoms with Gasteiger partial charge in [0.25, 0.3) is 0 Å². The first-order valence-electron chi connectivity index (χ1n) is 6.51. The molecule has 2 unspecified atom stereocenters. The highest BCUT2D eigenvalue weighted by molar-refractivity contribution is 5.83. The Labute approximate surface area is 120 Å². The van der Waals surface area contributed by atoms with Gasteiger partial charge in [0.1, 0.15) is 0 Å². The topological polar surface area (TPSA) is 64.3 Å². The predicted octanol–water partition coefficient (Wildman–Crippen LogP) is 1.69. The number of carbonyl (C=O) groups is 1. The molecule has 1 aromatic rings. The van der Waals surface area contributed by atoms with Gasteiger partial charge in [0.05, 0.1) is 24.2 Å². The second-order valence-electron chi connectivity index (χ2n) is 5.42. The molecule has 1 amide bonds. The SMILES string of the molecule is CC1(C(=O)NCc2cccc(C(F)(F)F)c2)COCC1N. The lowest BCUT2D eigenvalue weighted by Gasteiger charge is -2.25. The standard InChI is InChI=1S/C14H17F3N2O2/c1-13(8-21-7-11(13)18)12(20)19-6-9-3-2-4-10(5-9)14(15,16)17/h2-5,11H,6-8,18H2,1H3,(H,19,20). The summed E-state index contributed by atoms with van der Waals surface area (Å²) in [5.74, 6) is -0.315. The van der Waals surface area contributed by atoms with Crippen LogP contribution < -0.4 is 11.1 Å². The summed E-state index contributed by atoms with van der Waals surface area (Å²) in [5, 5.41) is 2.62. The predicted molar refractivity (Wildman–Crippen MR) is 70.2 cm³/mol. The Morgan fingerprint density at radius 3 is 2.81 bits per heavy atom. The first-order valence-corrected chi connectivity index (χ1v) is 6.51. The fourth-order valence-electron chi connectivity index (χ4n) is 2.16. The minimum absolute atomic E-state index is 0.0189. The van der Waals surface area contributed by atoms with E-state index in [2.05, 4.69) is 5.32 Å². The van der Waals surface area contributed by atoms with E-state index in [0.29, 0.717) is 12.2 Å². The largest absolute Gasteiger partial charge is 0.416 e. The zero-order valence-electron chi connectivity index (χ0n) is 11.5. The molecule has 7 heteroatoms. The van der Waals surface area contributed by atoms with Crippen molar-refractivity contribution in [2.24, 2.45) is 11.1 Å². The average Bonchev–Trinajstić information content (AvgIpc) is 2.77. The molecular formula is C14H17F3N2O2. The summed E-state index contributed by atoms with van der Waals surface area (Å²) >= 11 is 0. The van der Waals surface area contributed by atoms with Crippen LogP contribution in [0.3, 0.4) is 0 Å². The summed E-state index contributed by atoms with van der Waals surface area (Å²) < 4.78 is 43.0. The van der Waals surface area contributed by atoms with E-state index in [9.17, 15) is 18.0 Å². The molecule has 0 saturated carbocycles. The third kappa shape index (κ3) is 3.36. The van der Waals surface area contributed by atoms with Crippen molar-refractivity contribution in [2.45, 2.75) is 25.7 Å². The number of carbonyl (C=O) groups excluding carboxylic acids is 1. The van der Waals surface area contributed by atoms with E-state index >= 15 is 0 Å². The molecule has 1 aromatic carbocycles. The summed E-state index contributed by atoms with van der Waals surface area (Å²) in [5.41, 5.74) is 4.63. The lowest BCUT2D eigenvalue weighted by molar-refractivity contribution is -0.137. The number of ether oxygens (including phenoxy) is 1. The van der Waals surface area contributed by atoms with E-state index < -0.39 is 23.2 Å². The van der Waals surface area contributed by atoms with E-state index in [1.807, 2.05) is 0 Å². The Hall–Kier alpha value is -1.60. The number of nitrogens with one attached hydrogen (secondary N) is 1. The third-order valence-electron chi connectivity index (χ3n) is 3.74. The van der Waals surface area contributed by atoms with Crippen LogP contribution in [0.4, 0.5) is 13.2 Å². The molecule has 1 aliphatic rings. The van der Waals surface area contributed by atoms with Crippen molar-refractivity contribution in [1.29, 1.82) is 0 Å². The average molecular weight is 302 g/mol. The summed E-state index contributed by atoms with van der Waals surface area (Å²) in [6.45, 7) is 2.22. The van der Waals surface area contributed by atoms with Gasteiger partial charge in [-0.1, -0.05) is 12.1 Å². The molecule has 1 fully saturated rings. The van der Waals surface area contributed by atoms with Crippen LogP contribution in [0.15, 0.2) is 24.3 Å². The summed E-state index contributed by atoms with van der Waals surface area (Å²) in [7, 11) is 0. The maximum absolute atomic E-state index is 12.6. The van der Waals surface area contributed by atoms with Gasteiger partial charge in [0.2, 0.25) is 5.91 Å². The van der Waals surface area contributed by atoms with Crippen LogP contribution in [0.25, 0.3) is 0 Å². The smallest absolute Gasteiger partial charge is 0.379 e. The Balaban J connectivity index is 2.02. The van der Waals surface area contributed by atoms with E-state index in [-0.39, 0.29) is 19.1 Å². The van der Waals surface area contributed by atoms with Gasteiger partial charge in [-0.15, -0.1) is 0 Å². The molecule has 0 spiro atoms. The molecule has 1 heterocycles. The van der Waals surface area contributed by atoms with Crippen molar-refractivity contribution >= 4 is 5.91 Å². The molecule has 3 N–H and O–H groups in total. The first kappa shape index (κ1) is 15.8. The maximum Gasteiger partial charge on any atom is 0.416 e.